The molecule has 1 saturated heterocycles. The minimum absolute atomic E-state index is 0.0239. The number of hydroxylamine groups is 2. The van der Waals surface area contributed by atoms with E-state index in [1.807, 2.05) is 86.5 Å². The van der Waals surface area contributed by atoms with Gasteiger partial charge in [-0.15, -0.1) is 0 Å². The van der Waals surface area contributed by atoms with Crippen LogP contribution in [0.15, 0.2) is 60.7 Å². The summed E-state index contributed by atoms with van der Waals surface area (Å²) in [5, 5.41) is 40.0. The van der Waals surface area contributed by atoms with Gasteiger partial charge in [-0.3, -0.25) is 14.4 Å². The van der Waals surface area contributed by atoms with Crippen molar-refractivity contribution < 1.29 is 34.5 Å². The highest BCUT2D eigenvalue weighted by Gasteiger charge is 2.57. The van der Waals surface area contributed by atoms with E-state index in [1.165, 1.54) is 6.42 Å². The molecule has 2 amide bonds. The summed E-state index contributed by atoms with van der Waals surface area (Å²) in [7, 11) is 9.34. The Bertz CT molecular complexity index is 1900. The number of aliphatic hydroxyl groups is 2. The molecular formula is C45H63N5O7. The lowest BCUT2D eigenvalue weighted by Gasteiger charge is -2.62. The third-order valence-electron chi connectivity index (χ3n) is 13.1. The van der Waals surface area contributed by atoms with Crippen LogP contribution in [0, 0.1) is 29.1 Å². The van der Waals surface area contributed by atoms with E-state index in [1.54, 1.807) is 31.2 Å². The number of methoxy groups -OCH3 is 1. The number of carbonyl (C=O) groups excluding carboxylic acids is 2. The van der Waals surface area contributed by atoms with Gasteiger partial charge < -0.3 is 40.5 Å². The van der Waals surface area contributed by atoms with Crippen molar-refractivity contribution in [2.75, 3.05) is 53.4 Å². The molecular weight excluding hydrogens is 723 g/mol. The fourth-order valence-corrected chi connectivity index (χ4v) is 9.81. The number of nitrogens with zero attached hydrogens (tertiary/aromatic N) is 3. The number of anilines is 1. The van der Waals surface area contributed by atoms with Crippen LogP contribution >= 0.6 is 0 Å². The number of phenolic OH excluding ortho intramolecular Hbond substituents is 1. The average Bonchev–Trinajstić information content (AvgIpc) is 3.54. The van der Waals surface area contributed by atoms with Crippen molar-refractivity contribution in [3.05, 3.63) is 77.4 Å². The predicted molar refractivity (Wildman–Crippen MR) is 222 cm³/mol. The molecule has 0 radical (unpaired) electrons. The topological polar surface area (TPSA) is 147 Å². The van der Waals surface area contributed by atoms with E-state index < -0.39 is 24.2 Å². The van der Waals surface area contributed by atoms with E-state index >= 15 is 0 Å². The molecule has 3 aromatic rings. The Morgan fingerprint density at radius 2 is 1.75 bits per heavy atom. The lowest BCUT2D eigenvalue weighted by molar-refractivity contribution is -0.183. The van der Waals surface area contributed by atoms with Crippen LogP contribution in [0.4, 0.5) is 5.69 Å². The average molecular weight is 786 g/mol. The molecule has 5 N–H and O–H groups in total. The third-order valence-corrected chi connectivity index (χ3v) is 13.1. The zero-order valence-electron chi connectivity index (χ0n) is 35.0. The molecule has 2 bridgehead atoms. The number of benzene rings is 3. The minimum atomic E-state index is -0.915. The molecule has 12 heteroatoms. The monoisotopic (exact) mass is 785 g/mol. The molecule has 57 heavy (non-hydrogen) atoms. The van der Waals surface area contributed by atoms with Gasteiger partial charge in [0.1, 0.15) is 23.6 Å². The van der Waals surface area contributed by atoms with E-state index in [2.05, 4.69) is 31.4 Å². The second-order valence-electron chi connectivity index (χ2n) is 17.7. The van der Waals surface area contributed by atoms with Gasteiger partial charge in [-0.25, -0.2) is 0 Å². The van der Waals surface area contributed by atoms with E-state index in [9.17, 15) is 24.9 Å². The SMILES string of the molecule is COc1c(CN2O[C@@H](CO)[C@@H]([C@H](C)O)[C@H]2C(=O)N[C@H]2C[C@H]3C[C@@H]([C@@H]2C)C3(C)C)cccc1-c1cc(C(=O)NC(Cc2ccccc2O)CN(C)C)cc(N(C)C)c1. The van der Waals surface area contributed by atoms with E-state index in [4.69, 9.17) is 9.57 Å². The van der Waals surface area contributed by atoms with Crippen LogP contribution in [0.5, 0.6) is 11.5 Å². The number of amides is 2. The van der Waals surface area contributed by atoms with Crippen molar-refractivity contribution in [2.45, 2.75) is 83.8 Å². The van der Waals surface area contributed by atoms with E-state index in [-0.39, 0.29) is 48.2 Å². The molecule has 9 atom stereocenters. The Balaban J connectivity index is 1.29. The summed E-state index contributed by atoms with van der Waals surface area (Å²) in [4.78, 5) is 38.6. The van der Waals surface area contributed by atoms with Crippen LogP contribution < -0.4 is 20.3 Å². The number of aliphatic hydroxyl groups excluding tert-OH is 2. The largest absolute Gasteiger partial charge is 0.508 e. The molecule has 7 rings (SSSR count). The summed E-state index contributed by atoms with van der Waals surface area (Å²) in [6.45, 7) is 8.90. The Labute approximate surface area is 338 Å². The first kappa shape index (κ1) is 42.4. The predicted octanol–water partition coefficient (Wildman–Crippen LogP) is 4.70. The van der Waals surface area contributed by atoms with Crippen LogP contribution in [0.3, 0.4) is 0 Å². The van der Waals surface area contributed by atoms with Gasteiger partial charge in [-0.05, 0) is 98.8 Å². The maximum atomic E-state index is 14.3. The number of phenols is 1. The summed E-state index contributed by atoms with van der Waals surface area (Å²) < 4.78 is 6.10. The number of nitrogens with one attached hydrogen (secondary N) is 2. The number of aromatic hydroxyl groups is 1. The van der Waals surface area contributed by atoms with Crippen molar-refractivity contribution in [2.24, 2.45) is 29.1 Å². The lowest BCUT2D eigenvalue weighted by Crippen LogP contribution is -2.62. The fourth-order valence-electron chi connectivity index (χ4n) is 9.81. The van der Waals surface area contributed by atoms with Gasteiger partial charge in [-0.2, -0.15) is 5.06 Å². The van der Waals surface area contributed by atoms with Gasteiger partial charge in [0.15, 0.2) is 0 Å². The van der Waals surface area contributed by atoms with Gasteiger partial charge in [0.2, 0.25) is 5.91 Å². The number of hydrogen-bond donors (Lipinski definition) is 5. The third kappa shape index (κ3) is 8.80. The van der Waals surface area contributed by atoms with Gasteiger partial charge in [-0.1, -0.05) is 57.2 Å². The summed E-state index contributed by atoms with van der Waals surface area (Å²) in [6.07, 6.45) is 0.878. The number of hydrogen-bond acceptors (Lipinski definition) is 10. The standard InChI is InChI=1S/C45H63N5O7/c1-26-36-21-32(45(36,3)4)22-37(26)47-44(55)41-40(27(2)52)39(25-51)57-50(41)23-29-14-12-15-35(42(29)56-9)30-17-31(20-34(19-30)49(7)8)43(54)46-33(24-48(5)6)18-28-13-10-11-16-38(28)53/h10-17,19-20,26-27,32-33,36-37,39-41,51-53H,18,21-25H2,1-9H3,(H,46,54)(H,47,55)/t26-,27-,32+,33?,36-,37-,39-,40+,41-/m0/s1. The number of rotatable bonds is 15. The second kappa shape index (κ2) is 17.3. The first-order valence-corrected chi connectivity index (χ1v) is 20.3. The Morgan fingerprint density at radius 3 is 2.37 bits per heavy atom. The minimum Gasteiger partial charge on any atom is -0.508 e. The van der Waals surface area contributed by atoms with Gasteiger partial charge >= 0.3 is 0 Å². The summed E-state index contributed by atoms with van der Waals surface area (Å²) >= 11 is 0. The highest BCUT2D eigenvalue weighted by molar-refractivity contribution is 5.97. The maximum Gasteiger partial charge on any atom is 0.251 e. The van der Waals surface area contributed by atoms with Crippen LogP contribution in [0.25, 0.3) is 11.1 Å². The van der Waals surface area contributed by atoms with Crippen LogP contribution in [-0.2, 0) is 22.6 Å². The number of ether oxygens (including phenoxy) is 1. The Kier molecular flexibility index (Phi) is 12.9. The lowest BCUT2D eigenvalue weighted by atomic mass is 9.45. The molecule has 4 aliphatic rings. The molecule has 310 valence electrons. The molecule has 1 aliphatic heterocycles. The normalized spacial score (nSPS) is 26.4. The molecule has 3 saturated carbocycles. The molecule has 1 unspecified atom stereocenters. The fraction of sp³-hybridized carbons (Fsp3) is 0.556. The summed E-state index contributed by atoms with van der Waals surface area (Å²) in [5.41, 5.74) is 4.55. The molecule has 3 aromatic carbocycles. The van der Waals surface area contributed by atoms with Crippen LogP contribution in [0.2, 0.25) is 0 Å². The molecule has 3 aliphatic carbocycles. The Hall–Kier alpha value is -4.20. The number of carbonyl (C=O) groups is 2. The van der Waals surface area contributed by atoms with Gasteiger partial charge in [0.05, 0.1) is 26.4 Å². The molecule has 1 heterocycles. The second-order valence-corrected chi connectivity index (χ2v) is 17.7. The van der Waals surface area contributed by atoms with Gasteiger partial charge in [0, 0.05) is 61.0 Å². The zero-order chi connectivity index (χ0) is 41.3. The first-order valence-electron chi connectivity index (χ1n) is 20.3. The van der Waals surface area contributed by atoms with Crippen LogP contribution in [-0.4, -0.2) is 116 Å². The maximum absolute atomic E-state index is 14.3. The van der Waals surface area contributed by atoms with E-state index in [0.29, 0.717) is 42.0 Å². The summed E-state index contributed by atoms with van der Waals surface area (Å²) in [6, 6.07) is 17.5. The number of likely N-dealkylation sites (N-methyl/N-ethyl adjacent to an activating group) is 1. The summed E-state index contributed by atoms with van der Waals surface area (Å²) in [5.74, 6) is 1.05. The van der Waals surface area contributed by atoms with Crippen LogP contribution in [0.1, 0.15) is 62.0 Å². The van der Waals surface area contributed by atoms with E-state index in [0.717, 1.165) is 34.4 Å². The quantitative estimate of drug-likeness (QED) is 0.147. The molecule has 12 nitrogen and oxygen atoms in total. The highest BCUT2D eigenvalue weighted by atomic mass is 16.7. The molecule has 0 aromatic heterocycles. The first-order chi connectivity index (χ1) is 27.0. The number of para-hydroxylation sites is 2. The van der Waals surface area contributed by atoms with Crippen molar-refractivity contribution in [1.29, 1.82) is 0 Å². The van der Waals surface area contributed by atoms with Crippen molar-refractivity contribution in [3.63, 3.8) is 0 Å². The smallest absolute Gasteiger partial charge is 0.251 e. The molecule has 4 fully saturated rings. The zero-order valence-corrected chi connectivity index (χ0v) is 35.0. The Morgan fingerprint density at radius 1 is 1.04 bits per heavy atom. The highest BCUT2D eigenvalue weighted by Crippen LogP contribution is 2.61. The molecule has 0 spiro atoms. The van der Waals surface area contributed by atoms with Crippen molar-refractivity contribution >= 4 is 17.5 Å². The van der Waals surface area contributed by atoms with Crippen molar-refractivity contribution in [1.82, 2.24) is 20.6 Å². The van der Waals surface area contributed by atoms with Crippen molar-refractivity contribution in [3.8, 4) is 22.6 Å². The van der Waals surface area contributed by atoms with Gasteiger partial charge in [0.25, 0.3) is 5.91 Å². The number of fused-ring (bicyclic) bond motifs is 2.